The molecule has 11 heteroatoms. The number of benzene rings is 2. The summed E-state index contributed by atoms with van der Waals surface area (Å²) in [6, 6.07) is 10.8. The first-order valence-corrected chi connectivity index (χ1v) is 10.1. The Hall–Kier alpha value is -3.50. The van der Waals surface area contributed by atoms with Crippen LogP contribution in [0.25, 0.3) is 5.69 Å². The summed E-state index contributed by atoms with van der Waals surface area (Å²) in [5.41, 5.74) is 0.265. The van der Waals surface area contributed by atoms with Crippen molar-refractivity contribution in [2.45, 2.75) is 31.9 Å². The topological polar surface area (TPSA) is 48.8 Å². The Morgan fingerprint density at radius 1 is 1.09 bits per heavy atom. The van der Waals surface area contributed by atoms with Gasteiger partial charge in [0.25, 0.3) is 0 Å². The van der Waals surface area contributed by atoms with Gasteiger partial charge in [0, 0.05) is 25.2 Å². The molecule has 3 aromatic rings. The monoisotopic (exact) mass is 467 g/mol. The summed E-state index contributed by atoms with van der Waals surface area (Å²) in [6.45, 7) is 0.645. The summed E-state index contributed by atoms with van der Waals surface area (Å²) in [6.07, 6.45) is -7.35. The van der Waals surface area contributed by atoms with Gasteiger partial charge in [0.1, 0.15) is 18.2 Å². The van der Waals surface area contributed by atoms with Crippen LogP contribution in [0.2, 0.25) is 0 Å². The zero-order chi connectivity index (χ0) is 23.4. The van der Waals surface area contributed by atoms with Crippen molar-refractivity contribution in [3.05, 3.63) is 59.3 Å². The van der Waals surface area contributed by atoms with Gasteiger partial charge in [-0.05, 0) is 42.7 Å². The Kier molecular flexibility index (Phi) is 4.87. The lowest BCUT2D eigenvalue weighted by atomic mass is 10.0. The van der Waals surface area contributed by atoms with Gasteiger partial charge >= 0.3 is 12.5 Å². The summed E-state index contributed by atoms with van der Waals surface area (Å²) < 4.78 is 83.0. The largest absolute Gasteiger partial charge is 0.586 e. The number of rotatable bonds is 4. The van der Waals surface area contributed by atoms with Gasteiger partial charge in [-0.3, -0.25) is 0 Å². The van der Waals surface area contributed by atoms with Gasteiger partial charge in [-0.15, -0.1) is 8.78 Å². The van der Waals surface area contributed by atoms with Crippen molar-refractivity contribution in [2.75, 3.05) is 18.5 Å². The summed E-state index contributed by atoms with van der Waals surface area (Å²) in [5, 5.41) is 3.89. The first kappa shape index (κ1) is 21.4. The SMILES string of the molecule is CN1CCCc2c(C(F)(F)F)nn(-c3cccc(OCc4ccc5c(c4)OC(F)(F)O5)c3)c21. The maximum atomic E-state index is 13.6. The van der Waals surface area contributed by atoms with Crippen LogP contribution in [-0.4, -0.2) is 29.7 Å². The van der Waals surface area contributed by atoms with E-state index in [1.54, 1.807) is 42.3 Å². The molecule has 2 aliphatic rings. The van der Waals surface area contributed by atoms with Crippen molar-refractivity contribution in [2.24, 2.45) is 0 Å². The summed E-state index contributed by atoms with van der Waals surface area (Å²) in [4.78, 5) is 1.76. The van der Waals surface area contributed by atoms with E-state index in [2.05, 4.69) is 14.6 Å². The molecule has 0 atom stereocenters. The summed E-state index contributed by atoms with van der Waals surface area (Å²) in [5.74, 6) is 0.619. The third kappa shape index (κ3) is 4.03. The highest BCUT2D eigenvalue weighted by atomic mass is 19.4. The Bertz CT molecular complexity index is 1210. The fourth-order valence-corrected chi connectivity index (χ4v) is 4.03. The molecule has 0 amide bonds. The first-order chi connectivity index (χ1) is 15.6. The third-order valence-electron chi connectivity index (χ3n) is 5.44. The molecule has 2 aromatic carbocycles. The number of hydrogen-bond acceptors (Lipinski definition) is 5. The van der Waals surface area contributed by atoms with Gasteiger partial charge in [-0.25, -0.2) is 4.68 Å². The Labute approximate surface area is 185 Å². The maximum absolute atomic E-state index is 13.6. The van der Waals surface area contributed by atoms with Crippen LogP contribution in [0.3, 0.4) is 0 Å². The van der Waals surface area contributed by atoms with Gasteiger partial charge in [-0.2, -0.15) is 18.3 Å². The molecule has 0 radical (unpaired) electrons. The molecular formula is C22H18F5N3O3. The number of hydrogen-bond donors (Lipinski definition) is 0. The lowest BCUT2D eigenvalue weighted by molar-refractivity contribution is -0.286. The zero-order valence-electron chi connectivity index (χ0n) is 17.3. The molecule has 174 valence electrons. The Morgan fingerprint density at radius 3 is 2.67 bits per heavy atom. The molecule has 0 unspecified atom stereocenters. The minimum absolute atomic E-state index is 0.0244. The summed E-state index contributed by atoms with van der Waals surface area (Å²) in [7, 11) is 1.74. The van der Waals surface area contributed by atoms with Crippen LogP contribution in [-0.2, 0) is 19.2 Å². The molecule has 1 aromatic heterocycles. The van der Waals surface area contributed by atoms with Crippen LogP contribution in [0, 0.1) is 0 Å². The van der Waals surface area contributed by atoms with Crippen LogP contribution in [0.1, 0.15) is 23.2 Å². The second-order valence-electron chi connectivity index (χ2n) is 7.82. The molecule has 33 heavy (non-hydrogen) atoms. The number of aromatic nitrogens is 2. The second-order valence-corrected chi connectivity index (χ2v) is 7.82. The average Bonchev–Trinajstić information content (AvgIpc) is 3.29. The summed E-state index contributed by atoms with van der Waals surface area (Å²) >= 11 is 0. The standard InChI is InChI=1S/C22H18F5N3O3/c1-29-9-3-6-16-19(21(23,24)25)28-30(20(16)29)14-4-2-5-15(11-14)31-12-13-7-8-17-18(10-13)33-22(26,27)32-17/h2,4-5,7-8,10-11H,3,6,9,12H2,1H3. The van der Waals surface area contributed by atoms with E-state index in [0.717, 1.165) is 0 Å². The first-order valence-electron chi connectivity index (χ1n) is 10.1. The van der Waals surface area contributed by atoms with Crippen molar-refractivity contribution in [1.82, 2.24) is 9.78 Å². The van der Waals surface area contributed by atoms with Gasteiger partial charge in [0.15, 0.2) is 17.2 Å². The molecule has 3 heterocycles. The van der Waals surface area contributed by atoms with E-state index < -0.39 is 18.2 Å². The van der Waals surface area contributed by atoms with Crippen molar-refractivity contribution in [3.63, 3.8) is 0 Å². The molecule has 0 fully saturated rings. The number of fused-ring (bicyclic) bond motifs is 2. The highest BCUT2D eigenvalue weighted by Gasteiger charge is 2.43. The molecule has 0 bridgehead atoms. The second kappa shape index (κ2) is 7.53. The van der Waals surface area contributed by atoms with E-state index in [1.165, 1.54) is 16.8 Å². The quantitative estimate of drug-likeness (QED) is 0.496. The predicted octanol–water partition coefficient (Wildman–Crippen LogP) is 5.17. The molecular weight excluding hydrogens is 449 g/mol. The number of halogens is 5. The number of anilines is 1. The smallest absolute Gasteiger partial charge is 0.489 e. The fraction of sp³-hybridized carbons (Fsp3) is 0.318. The third-order valence-corrected chi connectivity index (χ3v) is 5.44. The lowest BCUT2D eigenvalue weighted by Crippen LogP contribution is -2.27. The molecule has 0 saturated heterocycles. The zero-order valence-corrected chi connectivity index (χ0v) is 17.3. The van der Waals surface area contributed by atoms with Crippen LogP contribution in [0.4, 0.5) is 27.8 Å². The van der Waals surface area contributed by atoms with Crippen LogP contribution < -0.4 is 19.1 Å². The normalized spacial score (nSPS) is 16.6. The molecule has 0 saturated carbocycles. The van der Waals surface area contributed by atoms with E-state index in [4.69, 9.17) is 4.74 Å². The van der Waals surface area contributed by atoms with Gasteiger partial charge < -0.3 is 19.1 Å². The predicted molar refractivity (Wildman–Crippen MR) is 107 cm³/mol. The van der Waals surface area contributed by atoms with Crippen molar-refractivity contribution >= 4 is 5.82 Å². The van der Waals surface area contributed by atoms with Crippen LogP contribution in [0.15, 0.2) is 42.5 Å². The number of alkyl halides is 5. The maximum Gasteiger partial charge on any atom is 0.586 e. The van der Waals surface area contributed by atoms with E-state index in [-0.39, 0.29) is 23.7 Å². The Balaban J connectivity index is 1.40. The van der Waals surface area contributed by atoms with Crippen molar-refractivity contribution < 1.29 is 36.2 Å². The van der Waals surface area contributed by atoms with E-state index in [1.807, 2.05) is 0 Å². The molecule has 2 aliphatic heterocycles. The molecule has 0 N–H and O–H groups in total. The Morgan fingerprint density at radius 2 is 1.88 bits per heavy atom. The fourth-order valence-electron chi connectivity index (χ4n) is 4.03. The molecule has 6 nitrogen and oxygen atoms in total. The van der Waals surface area contributed by atoms with E-state index >= 15 is 0 Å². The minimum atomic E-state index is -4.56. The number of nitrogens with zero attached hydrogens (tertiary/aromatic N) is 3. The van der Waals surface area contributed by atoms with Crippen LogP contribution >= 0.6 is 0 Å². The molecule has 0 aliphatic carbocycles. The minimum Gasteiger partial charge on any atom is -0.489 e. The number of ether oxygens (including phenoxy) is 3. The molecule has 5 rings (SSSR count). The van der Waals surface area contributed by atoms with Gasteiger partial charge in [-0.1, -0.05) is 12.1 Å². The van der Waals surface area contributed by atoms with Crippen molar-refractivity contribution in [3.8, 4) is 22.9 Å². The highest BCUT2D eigenvalue weighted by Crippen LogP contribution is 2.42. The van der Waals surface area contributed by atoms with Gasteiger partial charge in [0.05, 0.1) is 5.69 Å². The van der Waals surface area contributed by atoms with Crippen LogP contribution in [0.5, 0.6) is 17.2 Å². The highest BCUT2D eigenvalue weighted by molar-refractivity contribution is 5.58. The van der Waals surface area contributed by atoms with E-state index in [9.17, 15) is 22.0 Å². The van der Waals surface area contributed by atoms with Crippen molar-refractivity contribution in [1.29, 1.82) is 0 Å². The van der Waals surface area contributed by atoms with Gasteiger partial charge in [0.2, 0.25) is 0 Å². The molecule has 0 spiro atoms. The van der Waals surface area contributed by atoms with E-state index in [0.29, 0.717) is 42.2 Å². The average molecular weight is 467 g/mol. The lowest BCUT2D eigenvalue weighted by Gasteiger charge is -2.26.